The lowest BCUT2D eigenvalue weighted by molar-refractivity contribution is -0.137. The van der Waals surface area contributed by atoms with Crippen LogP contribution in [0.4, 0.5) is 0 Å². The molecule has 0 saturated carbocycles. The van der Waals surface area contributed by atoms with E-state index in [1.54, 1.807) is 12.2 Å². The fourth-order valence-corrected chi connectivity index (χ4v) is 5.32. The van der Waals surface area contributed by atoms with Gasteiger partial charge in [0.05, 0.1) is 0 Å². The molecule has 0 heterocycles. The van der Waals surface area contributed by atoms with E-state index >= 15 is 0 Å². The quantitative estimate of drug-likeness (QED) is 0.0310. The zero-order valence-corrected chi connectivity index (χ0v) is 31.4. The number of allylic oxidation sites excluding steroid dienone is 11. The summed E-state index contributed by atoms with van der Waals surface area (Å²) in [6.07, 6.45) is 58.8. The van der Waals surface area contributed by atoms with Gasteiger partial charge in [-0.25, -0.2) is 4.79 Å². The maximum Gasteiger partial charge on any atom is 0.328 e. The molecule has 0 atom stereocenters. The molecular formula is C44H76O4. The van der Waals surface area contributed by atoms with E-state index in [1.165, 1.54) is 160 Å². The number of carboxylic acid groups (broad SMARTS) is 2. The van der Waals surface area contributed by atoms with Crippen molar-refractivity contribution < 1.29 is 19.8 Å². The van der Waals surface area contributed by atoms with Crippen molar-refractivity contribution in [2.75, 3.05) is 0 Å². The van der Waals surface area contributed by atoms with Gasteiger partial charge < -0.3 is 10.2 Å². The minimum Gasteiger partial charge on any atom is -0.481 e. The highest BCUT2D eigenvalue weighted by atomic mass is 16.4. The third-order valence-electron chi connectivity index (χ3n) is 8.28. The van der Waals surface area contributed by atoms with Crippen molar-refractivity contribution in [3.8, 4) is 0 Å². The Bertz CT molecular complexity index is 846. The molecule has 0 bridgehead atoms. The molecule has 0 radical (unpaired) electrons. The molecule has 276 valence electrons. The lowest BCUT2D eigenvalue weighted by Crippen LogP contribution is -1.93. The molecule has 0 aliphatic rings. The van der Waals surface area contributed by atoms with Crippen molar-refractivity contribution in [2.24, 2.45) is 0 Å². The van der Waals surface area contributed by atoms with Gasteiger partial charge in [0.1, 0.15) is 0 Å². The van der Waals surface area contributed by atoms with Crippen LogP contribution in [-0.2, 0) is 9.59 Å². The van der Waals surface area contributed by atoms with E-state index in [2.05, 4.69) is 38.2 Å². The van der Waals surface area contributed by atoms with Crippen LogP contribution >= 0.6 is 0 Å². The Labute approximate surface area is 297 Å². The van der Waals surface area contributed by atoms with Crippen LogP contribution in [0.2, 0.25) is 0 Å². The highest BCUT2D eigenvalue weighted by Crippen LogP contribution is 2.13. The smallest absolute Gasteiger partial charge is 0.328 e. The van der Waals surface area contributed by atoms with Crippen LogP contribution in [0, 0.1) is 0 Å². The van der Waals surface area contributed by atoms with E-state index in [0.717, 1.165) is 25.3 Å². The molecule has 4 nitrogen and oxygen atoms in total. The molecule has 0 aromatic rings. The van der Waals surface area contributed by atoms with Crippen LogP contribution in [0.15, 0.2) is 72.9 Å². The van der Waals surface area contributed by atoms with Gasteiger partial charge in [0.15, 0.2) is 0 Å². The Morgan fingerprint density at radius 2 is 0.688 bits per heavy atom. The largest absolute Gasteiger partial charge is 0.481 e. The summed E-state index contributed by atoms with van der Waals surface area (Å²) in [5.74, 6) is -1.59. The second-order valence-electron chi connectivity index (χ2n) is 13.0. The molecule has 0 aromatic carbocycles. The fourth-order valence-electron chi connectivity index (χ4n) is 5.32. The minimum absolute atomic E-state index is 0.342. The predicted molar refractivity (Wildman–Crippen MR) is 211 cm³/mol. The lowest BCUT2D eigenvalue weighted by Gasteiger charge is -2.02. The number of hydrogen-bond donors (Lipinski definition) is 2. The maximum absolute atomic E-state index is 10.4. The molecule has 0 spiro atoms. The second-order valence-corrected chi connectivity index (χ2v) is 13.0. The first-order valence-electron chi connectivity index (χ1n) is 20.0. The molecule has 4 heteroatoms. The van der Waals surface area contributed by atoms with Crippen LogP contribution in [0.25, 0.3) is 0 Å². The summed E-state index contributed by atoms with van der Waals surface area (Å²) < 4.78 is 0. The van der Waals surface area contributed by atoms with E-state index in [4.69, 9.17) is 10.2 Å². The zero-order valence-electron chi connectivity index (χ0n) is 31.4. The fraction of sp³-hybridized carbons (Fsp3) is 0.682. The van der Waals surface area contributed by atoms with Gasteiger partial charge in [0.2, 0.25) is 0 Å². The van der Waals surface area contributed by atoms with Crippen molar-refractivity contribution in [1.82, 2.24) is 0 Å². The lowest BCUT2D eigenvalue weighted by atomic mass is 10.0. The van der Waals surface area contributed by atoms with E-state index < -0.39 is 11.9 Å². The van der Waals surface area contributed by atoms with E-state index in [0.29, 0.717) is 6.42 Å². The van der Waals surface area contributed by atoms with Crippen LogP contribution in [0.1, 0.15) is 194 Å². The molecule has 48 heavy (non-hydrogen) atoms. The average Bonchev–Trinajstić information content (AvgIpc) is 3.07. The van der Waals surface area contributed by atoms with Crippen LogP contribution in [0.5, 0.6) is 0 Å². The Hall–Kier alpha value is -2.62. The summed E-state index contributed by atoms with van der Waals surface area (Å²) in [6, 6.07) is 0. The van der Waals surface area contributed by atoms with Gasteiger partial charge in [0.25, 0.3) is 0 Å². The van der Waals surface area contributed by atoms with Gasteiger partial charge in [-0.3, -0.25) is 4.79 Å². The van der Waals surface area contributed by atoms with Gasteiger partial charge in [-0.15, -0.1) is 0 Å². The van der Waals surface area contributed by atoms with Gasteiger partial charge in [-0.05, 0) is 44.9 Å². The minimum atomic E-state index is -0.931. The van der Waals surface area contributed by atoms with Gasteiger partial charge >= 0.3 is 11.9 Å². The Morgan fingerprint density at radius 1 is 0.375 bits per heavy atom. The first-order chi connectivity index (χ1) is 23.5. The summed E-state index contributed by atoms with van der Waals surface area (Å²) >= 11 is 0. The SMILES string of the molecule is CCCCCCCCC=CCCCCCCCCCCCCCC(=O)O.CCCCCCCCCC=CC=CC=CC=CC=CC(=O)O. The summed E-state index contributed by atoms with van der Waals surface area (Å²) in [6.45, 7) is 4.53. The topological polar surface area (TPSA) is 74.6 Å². The molecular weight excluding hydrogens is 592 g/mol. The molecule has 0 fully saturated rings. The molecule has 0 aliphatic heterocycles. The monoisotopic (exact) mass is 669 g/mol. The van der Waals surface area contributed by atoms with Crippen LogP contribution < -0.4 is 0 Å². The van der Waals surface area contributed by atoms with Gasteiger partial charge in [-0.1, -0.05) is 209 Å². The summed E-state index contributed by atoms with van der Waals surface area (Å²) in [4.78, 5) is 20.6. The normalized spacial score (nSPS) is 12.0. The molecule has 0 saturated heterocycles. The Morgan fingerprint density at radius 3 is 1.06 bits per heavy atom. The first kappa shape index (κ1) is 47.5. The second kappa shape index (κ2) is 44.4. The molecule has 2 N–H and O–H groups in total. The average molecular weight is 669 g/mol. The highest BCUT2D eigenvalue weighted by molar-refractivity contribution is 5.80. The van der Waals surface area contributed by atoms with Crippen molar-refractivity contribution >= 4 is 11.9 Å². The van der Waals surface area contributed by atoms with Crippen molar-refractivity contribution in [1.29, 1.82) is 0 Å². The van der Waals surface area contributed by atoms with E-state index in [1.807, 2.05) is 24.3 Å². The Balaban J connectivity index is 0. The van der Waals surface area contributed by atoms with Gasteiger partial charge in [0, 0.05) is 12.5 Å². The van der Waals surface area contributed by atoms with E-state index in [-0.39, 0.29) is 0 Å². The highest BCUT2D eigenvalue weighted by Gasteiger charge is 1.97. The summed E-state index contributed by atoms with van der Waals surface area (Å²) in [5.41, 5.74) is 0. The maximum atomic E-state index is 10.4. The molecule has 0 unspecified atom stereocenters. The van der Waals surface area contributed by atoms with Crippen molar-refractivity contribution in [3.05, 3.63) is 72.9 Å². The van der Waals surface area contributed by atoms with Crippen LogP contribution in [-0.4, -0.2) is 22.2 Å². The number of rotatable bonds is 34. The molecule has 0 rings (SSSR count). The van der Waals surface area contributed by atoms with Gasteiger partial charge in [-0.2, -0.15) is 0 Å². The van der Waals surface area contributed by atoms with Crippen molar-refractivity contribution in [2.45, 2.75) is 194 Å². The number of carbonyl (C=O) groups is 2. The predicted octanol–water partition coefficient (Wildman–Crippen LogP) is 14.4. The number of hydrogen-bond acceptors (Lipinski definition) is 2. The van der Waals surface area contributed by atoms with E-state index in [9.17, 15) is 9.59 Å². The molecule has 0 aliphatic carbocycles. The summed E-state index contributed by atoms with van der Waals surface area (Å²) in [7, 11) is 0. The number of aliphatic carboxylic acids is 2. The third-order valence-corrected chi connectivity index (χ3v) is 8.28. The van der Waals surface area contributed by atoms with Crippen LogP contribution in [0.3, 0.4) is 0 Å². The Kier molecular flexibility index (Phi) is 43.9. The standard InChI is InChI=1S/C24H46O2.C20H30O2/c1-2-3-4-5-6-7-8-9-10-11-12-13-14-15-16-17-18-19-20-21-22-23-24(25)26;1-2-3-4-5-6-7-8-9-10-11-12-13-14-15-16-17-18-19-20(21)22/h9-10H,2-8,11-23H2,1H3,(H,25,26);10-19H,2-9H2,1H3,(H,21,22). The molecule has 0 amide bonds. The third kappa shape index (κ3) is 50.2. The number of unbranched alkanes of at least 4 members (excludes halogenated alkanes) is 24. The summed E-state index contributed by atoms with van der Waals surface area (Å²) in [5, 5.41) is 17.0. The first-order valence-corrected chi connectivity index (χ1v) is 20.0. The zero-order chi connectivity index (χ0) is 35.4. The number of carboxylic acids is 2. The molecule has 0 aromatic heterocycles. The van der Waals surface area contributed by atoms with Crippen molar-refractivity contribution in [3.63, 3.8) is 0 Å².